The maximum Gasteiger partial charge on any atom is 0.274 e. The molecule has 0 aliphatic rings. The molecule has 0 saturated carbocycles. The van der Waals surface area contributed by atoms with Gasteiger partial charge in [0.1, 0.15) is 11.4 Å². The van der Waals surface area contributed by atoms with Crippen LogP contribution in [0, 0.1) is 0 Å². The molecule has 0 radical (unpaired) electrons. The van der Waals surface area contributed by atoms with E-state index in [1.807, 2.05) is 18.2 Å². The number of halogens is 1. The number of nitrogens with zero attached hydrogens (tertiary/aromatic N) is 1. The van der Waals surface area contributed by atoms with Gasteiger partial charge in [-0.15, -0.1) is 0 Å². The molecule has 0 aliphatic heterocycles. The number of carbonyl (C=O) groups excluding carboxylic acids is 2. The number of pyridine rings is 1. The van der Waals surface area contributed by atoms with Crippen LogP contribution in [0.1, 0.15) is 33.0 Å². The van der Waals surface area contributed by atoms with Gasteiger partial charge in [0.15, 0.2) is 0 Å². The number of amides is 2. The number of aromatic nitrogens is 1. The molecule has 1 aromatic heterocycles. The molecule has 5 nitrogen and oxygen atoms in total. The van der Waals surface area contributed by atoms with Crippen molar-refractivity contribution < 1.29 is 9.59 Å². The molecule has 3 aromatic rings. The Kier molecular flexibility index (Phi) is 6.76. The number of nitrogens with one attached hydrogen (secondary N) is 2. The zero-order valence-electron chi connectivity index (χ0n) is 15.2. The minimum Gasteiger partial charge on any atom is -0.351 e. The van der Waals surface area contributed by atoms with Crippen molar-refractivity contribution in [3.05, 3.63) is 94.8 Å². The summed E-state index contributed by atoms with van der Waals surface area (Å²) in [7, 11) is 0. The average molecular weight is 394 g/mol. The first kappa shape index (κ1) is 19.6. The minimum atomic E-state index is -0.424. The van der Waals surface area contributed by atoms with E-state index >= 15 is 0 Å². The molecule has 0 unspecified atom stereocenters. The lowest BCUT2D eigenvalue weighted by Gasteiger charge is -2.08. The summed E-state index contributed by atoms with van der Waals surface area (Å²) in [5.74, 6) is -0.729. The Morgan fingerprint density at radius 3 is 2.25 bits per heavy atom. The lowest BCUT2D eigenvalue weighted by molar-refractivity contribution is 0.0948. The Morgan fingerprint density at radius 2 is 1.50 bits per heavy atom. The van der Waals surface area contributed by atoms with Gasteiger partial charge in [0.25, 0.3) is 11.8 Å². The Bertz CT molecular complexity index is 961. The van der Waals surface area contributed by atoms with E-state index in [2.05, 4.69) is 27.8 Å². The molecule has 0 fully saturated rings. The van der Waals surface area contributed by atoms with Gasteiger partial charge in [-0.2, -0.15) is 0 Å². The molecule has 6 heteroatoms. The largest absolute Gasteiger partial charge is 0.351 e. The van der Waals surface area contributed by atoms with E-state index in [1.165, 1.54) is 5.56 Å². The van der Waals surface area contributed by atoms with Crippen LogP contribution in [0.3, 0.4) is 0 Å². The van der Waals surface area contributed by atoms with E-state index in [1.54, 1.807) is 42.5 Å². The molecule has 0 atom stereocenters. The smallest absolute Gasteiger partial charge is 0.274 e. The van der Waals surface area contributed by atoms with E-state index in [9.17, 15) is 9.59 Å². The summed E-state index contributed by atoms with van der Waals surface area (Å²) < 4.78 is 0. The number of carbonyl (C=O) groups is 2. The molecular weight excluding hydrogens is 374 g/mol. The summed E-state index contributed by atoms with van der Waals surface area (Å²) in [5.41, 5.74) is 2.07. The van der Waals surface area contributed by atoms with Crippen LogP contribution in [0.25, 0.3) is 0 Å². The first-order chi connectivity index (χ1) is 13.6. The summed E-state index contributed by atoms with van der Waals surface area (Å²) in [6.45, 7) is 0.533. The Hall–Kier alpha value is -3.18. The zero-order valence-corrected chi connectivity index (χ0v) is 15.9. The maximum absolute atomic E-state index is 12.4. The molecule has 2 aromatic carbocycles. The van der Waals surface area contributed by atoms with Crippen molar-refractivity contribution in [3.63, 3.8) is 0 Å². The number of benzene rings is 2. The van der Waals surface area contributed by atoms with Crippen LogP contribution in [0.2, 0.25) is 5.02 Å². The van der Waals surface area contributed by atoms with Crippen molar-refractivity contribution in [1.29, 1.82) is 0 Å². The summed E-state index contributed by atoms with van der Waals surface area (Å²) in [6, 6.07) is 21.8. The fraction of sp³-hybridized carbons (Fsp3) is 0.136. The molecule has 2 amide bonds. The number of aryl methyl sites for hydroxylation is 1. The highest BCUT2D eigenvalue weighted by Gasteiger charge is 2.13. The third-order valence-corrected chi connectivity index (χ3v) is 4.44. The van der Waals surface area contributed by atoms with Crippen molar-refractivity contribution in [2.45, 2.75) is 12.8 Å². The Labute approximate surface area is 168 Å². The lowest BCUT2D eigenvalue weighted by Crippen LogP contribution is -2.26. The van der Waals surface area contributed by atoms with Crippen LogP contribution in [0.5, 0.6) is 0 Å². The van der Waals surface area contributed by atoms with Crippen molar-refractivity contribution in [1.82, 2.24) is 10.3 Å². The molecule has 0 bridgehead atoms. The summed E-state index contributed by atoms with van der Waals surface area (Å²) in [4.78, 5) is 28.9. The van der Waals surface area contributed by atoms with Crippen LogP contribution in [0.15, 0.2) is 72.8 Å². The Balaban J connectivity index is 1.55. The molecule has 28 heavy (non-hydrogen) atoms. The highest BCUT2D eigenvalue weighted by atomic mass is 35.5. The fourth-order valence-corrected chi connectivity index (χ4v) is 2.85. The van der Waals surface area contributed by atoms with Crippen molar-refractivity contribution >= 4 is 29.1 Å². The first-order valence-corrected chi connectivity index (χ1v) is 9.36. The van der Waals surface area contributed by atoms with Gasteiger partial charge in [-0.05, 0) is 42.7 Å². The highest BCUT2D eigenvalue weighted by Crippen LogP contribution is 2.20. The monoisotopic (exact) mass is 393 g/mol. The fourth-order valence-electron chi connectivity index (χ4n) is 2.67. The molecular formula is C22H20ClN3O2. The predicted molar refractivity (Wildman–Crippen MR) is 111 cm³/mol. The topological polar surface area (TPSA) is 71.1 Å². The molecule has 0 aliphatic carbocycles. The van der Waals surface area contributed by atoms with Gasteiger partial charge in [-0.1, -0.05) is 60.1 Å². The normalized spacial score (nSPS) is 10.3. The van der Waals surface area contributed by atoms with E-state index in [4.69, 9.17) is 11.6 Å². The quantitative estimate of drug-likeness (QED) is 0.586. The van der Waals surface area contributed by atoms with Crippen LogP contribution < -0.4 is 10.6 Å². The van der Waals surface area contributed by atoms with E-state index in [-0.39, 0.29) is 17.3 Å². The number of anilines is 1. The molecule has 142 valence electrons. The van der Waals surface area contributed by atoms with Gasteiger partial charge in [0.05, 0.1) is 10.7 Å². The van der Waals surface area contributed by atoms with Gasteiger partial charge in [0, 0.05) is 6.54 Å². The van der Waals surface area contributed by atoms with Crippen molar-refractivity contribution in [2.24, 2.45) is 0 Å². The standard InChI is InChI=1S/C22H20ClN3O2/c23-17-11-4-5-12-18(17)26-22(28)20-14-6-13-19(25-20)21(27)24-15-7-10-16-8-2-1-3-9-16/h1-6,8-9,11-14H,7,10,15H2,(H,24,27)(H,26,28). The molecule has 0 saturated heterocycles. The third kappa shape index (κ3) is 5.41. The number of para-hydroxylation sites is 1. The molecule has 1 heterocycles. The second-order valence-corrected chi connectivity index (χ2v) is 6.59. The lowest BCUT2D eigenvalue weighted by atomic mass is 10.1. The summed E-state index contributed by atoms with van der Waals surface area (Å²) in [5, 5.41) is 5.97. The van der Waals surface area contributed by atoms with E-state index in [0.29, 0.717) is 17.3 Å². The van der Waals surface area contributed by atoms with Crippen molar-refractivity contribution in [3.8, 4) is 0 Å². The second kappa shape index (κ2) is 9.67. The van der Waals surface area contributed by atoms with Crippen molar-refractivity contribution in [2.75, 3.05) is 11.9 Å². The molecule has 2 N–H and O–H groups in total. The van der Waals surface area contributed by atoms with Gasteiger partial charge in [-0.25, -0.2) is 4.98 Å². The maximum atomic E-state index is 12.4. The summed E-state index contributed by atoms with van der Waals surface area (Å²) >= 11 is 6.05. The SMILES string of the molecule is O=C(NCCCc1ccccc1)c1cccc(C(=O)Nc2ccccc2Cl)n1. The molecule has 0 spiro atoms. The van der Waals surface area contributed by atoms with Crippen LogP contribution in [-0.4, -0.2) is 23.3 Å². The zero-order chi connectivity index (χ0) is 19.8. The van der Waals surface area contributed by atoms with E-state index < -0.39 is 5.91 Å². The van der Waals surface area contributed by atoms with Crippen LogP contribution in [-0.2, 0) is 6.42 Å². The highest BCUT2D eigenvalue weighted by molar-refractivity contribution is 6.33. The Morgan fingerprint density at radius 1 is 0.821 bits per heavy atom. The van der Waals surface area contributed by atoms with Gasteiger partial charge >= 0.3 is 0 Å². The van der Waals surface area contributed by atoms with Gasteiger partial charge < -0.3 is 10.6 Å². The van der Waals surface area contributed by atoms with E-state index in [0.717, 1.165) is 12.8 Å². The minimum absolute atomic E-state index is 0.150. The van der Waals surface area contributed by atoms with Crippen LogP contribution >= 0.6 is 11.6 Å². The number of hydrogen-bond donors (Lipinski definition) is 2. The van der Waals surface area contributed by atoms with Crippen LogP contribution in [0.4, 0.5) is 5.69 Å². The average Bonchev–Trinajstić information content (AvgIpc) is 2.73. The summed E-state index contributed by atoms with van der Waals surface area (Å²) in [6.07, 6.45) is 1.71. The third-order valence-electron chi connectivity index (χ3n) is 4.11. The van der Waals surface area contributed by atoms with Gasteiger partial charge in [0.2, 0.25) is 0 Å². The first-order valence-electron chi connectivity index (χ1n) is 8.98. The number of hydrogen-bond acceptors (Lipinski definition) is 3. The number of rotatable bonds is 7. The second-order valence-electron chi connectivity index (χ2n) is 6.19. The van der Waals surface area contributed by atoms with Gasteiger partial charge in [-0.3, -0.25) is 9.59 Å². The predicted octanol–water partition coefficient (Wildman–Crippen LogP) is 4.35. The molecule has 3 rings (SSSR count).